The molecule has 7 nitrogen and oxygen atoms in total. The van der Waals surface area contributed by atoms with Gasteiger partial charge >= 0.3 is 0 Å². The minimum atomic E-state index is -0.204. The number of anilines is 2. The van der Waals surface area contributed by atoms with Crippen LogP contribution < -0.4 is 15.0 Å². The van der Waals surface area contributed by atoms with Gasteiger partial charge in [0, 0.05) is 37.4 Å². The number of carbonyl (C=O) groups excluding carboxylic acids is 1. The first-order valence-electron chi connectivity index (χ1n) is 11.0. The first kappa shape index (κ1) is 21.8. The fraction of sp³-hybridized carbons (Fsp3) is 0.320. The van der Waals surface area contributed by atoms with Gasteiger partial charge in [-0.15, -0.1) is 10.2 Å². The molecule has 1 aliphatic heterocycles. The summed E-state index contributed by atoms with van der Waals surface area (Å²) in [5, 5.41) is 11.7. The number of likely N-dealkylation sites (N-methyl/N-ethyl adjacent to an activating group) is 1. The number of hydrogen-bond acceptors (Lipinski definition) is 6. The summed E-state index contributed by atoms with van der Waals surface area (Å²) < 4.78 is 5.71. The highest BCUT2D eigenvalue weighted by atomic mass is 16.5. The Morgan fingerprint density at radius 2 is 1.81 bits per heavy atom. The molecular weight excluding hydrogens is 402 g/mol. The predicted molar refractivity (Wildman–Crippen MR) is 127 cm³/mol. The van der Waals surface area contributed by atoms with Crippen LogP contribution in [0.15, 0.2) is 60.7 Å². The molecule has 1 aromatic heterocycles. The monoisotopic (exact) mass is 431 g/mol. The SMILES string of the molecule is CCc1ccccc1OCC(=O)Nc1cccc(-c2ccc(N3CCN(C)CC3)nn2)c1. The van der Waals surface area contributed by atoms with E-state index in [0.717, 1.165) is 61.0 Å². The van der Waals surface area contributed by atoms with E-state index >= 15 is 0 Å². The maximum atomic E-state index is 12.4. The molecule has 0 unspecified atom stereocenters. The molecule has 1 N–H and O–H groups in total. The molecular formula is C25H29N5O2. The molecule has 0 saturated carbocycles. The lowest BCUT2D eigenvalue weighted by Gasteiger charge is -2.32. The lowest BCUT2D eigenvalue weighted by molar-refractivity contribution is -0.118. The minimum absolute atomic E-state index is 0.0409. The van der Waals surface area contributed by atoms with Gasteiger partial charge in [0.15, 0.2) is 12.4 Å². The summed E-state index contributed by atoms with van der Waals surface area (Å²) in [5.41, 5.74) is 3.45. The van der Waals surface area contributed by atoms with Gasteiger partial charge in [0.05, 0.1) is 5.69 Å². The Morgan fingerprint density at radius 3 is 2.56 bits per heavy atom. The Labute approximate surface area is 189 Å². The van der Waals surface area contributed by atoms with Crippen molar-refractivity contribution in [2.75, 3.05) is 50.1 Å². The van der Waals surface area contributed by atoms with Crippen LogP contribution in [0.25, 0.3) is 11.3 Å². The van der Waals surface area contributed by atoms with Crippen LogP contribution in [0.4, 0.5) is 11.5 Å². The van der Waals surface area contributed by atoms with E-state index in [1.54, 1.807) is 0 Å². The molecule has 1 aliphatic rings. The second kappa shape index (κ2) is 10.2. The third-order valence-electron chi connectivity index (χ3n) is 5.63. The third kappa shape index (κ3) is 5.42. The van der Waals surface area contributed by atoms with Crippen LogP contribution >= 0.6 is 0 Å². The van der Waals surface area contributed by atoms with E-state index in [4.69, 9.17) is 4.74 Å². The van der Waals surface area contributed by atoms with Crippen molar-refractivity contribution in [1.82, 2.24) is 15.1 Å². The molecule has 1 amide bonds. The normalized spacial score (nSPS) is 14.2. The second-order valence-corrected chi connectivity index (χ2v) is 7.95. The predicted octanol–water partition coefficient (Wildman–Crippen LogP) is 3.48. The van der Waals surface area contributed by atoms with Gasteiger partial charge in [0.1, 0.15) is 5.75 Å². The number of amides is 1. The number of ether oxygens (including phenoxy) is 1. The first-order valence-corrected chi connectivity index (χ1v) is 11.0. The first-order chi connectivity index (χ1) is 15.6. The Bertz CT molecular complexity index is 1050. The van der Waals surface area contributed by atoms with Gasteiger partial charge in [0.25, 0.3) is 5.91 Å². The number of aryl methyl sites for hydroxylation is 1. The largest absolute Gasteiger partial charge is 0.483 e. The Kier molecular flexibility index (Phi) is 6.97. The molecule has 3 aromatic rings. The lowest BCUT2D eigenvalue weighted by atomic mass is 10.1. The zero-order valence-corrected chi connectivity index (χ0v) is 18.6. The number of hydrogen-bond donors (Lipinski definition) is 1. The van der Waals surface area contributed by atoms with Crippen molar-refractivity contribution in [1.29, 1.82) is 0 Å². The highest BCUT2D eigenvalue weighted by Gasteiger charge is 2.16. The Morgan fingerprint density at radius 1 is 1.00 bits per heavy atom. The number of piperazine rings is 1. The Balaban J connectivity index is 1.37. The fourth-order valence-corrected chi connectivity index (χ4v) is 3.72. The zero-order valence-electron chi connectivity index (χ0n) is 18.6. The number of carbonyl (C=O) groups is 1. The molecule has 1 fully saturated rings. The molecule has 2 aromatic carbocycles. The van der Waals surface area contributed by atoms with Gasteiger partial charge in [-0.25, -0.2) is 0 Å². The van der Waals surface area contributed by atoms with E-state index in [-0.39, 0.29) is 12.5 Å². The molecule has 0 radical (unpaired) electrons. The van der Waals surface area contributed by atoms with Crippen LogP contribution in [0, 0.1) is 0 Å². The van der Waals surface area contributed by atoms with Crippen LogP contribution in [-0.2, 0) is 11.2 Å². The van der Waals surface area contributed by atoms with Gasteiger partial charge in [-0.2, -0.15) is 0 Å². The molecule has 1 saturated heterocycles. The molecule has 166 valence electrons. The van der Waals surface area contributed by atoms with E-state index in [2.05, 4.69) is 39.3 Å². The smallest absolute Gasteiger partial charge is 0.262 e. The summed E-state index contributed by atoms with van der Waals surface area (Å²) in [7, 11) is 2.13. The summed E-state index contributed by atoms with van der Waals surface area (Å²) in [6, 6.07) is 19.4. The van der Waals surface area contributed by atoms with Crippen molar-refractivity contribution < 1.29 is 9.53 Å². The average Bonchev–Trinajstić information content (AvgIpc) is 2.84. The lowest BCUT2D eigenvalue weighted by Crippen LogP contribution is -2.44. The average molecular weight is 432 g/mol. The van der Waals surface area contributed by atoms with E-state index < -0.39 is 0 Å². The highest BCUT2D eigenvalue weighted by molar-refractivity contribution is 5.92. The van der Waals surface area contributed by atoms with Crippen molar-refractivity contribution in [2.24, 2.45) is 0 Å². The summed E-state index contributed by atoms with van der Waals surface area (Å²) in [6.07, 6.45) is 0.856. The standard InChI is InChI=1S/C25H29N5O2/c1-3-19-7-4-5-10-23(19)32-18-25(31)26-21-9-6-8-20(17-21)22-11-12-24(28-27-22)30-15-13-29(2)14-16-30/h4-12,17H,3,13-16,18H2,1-2H3,(H,26,31). The molecule has 7 heteroatoms. The minimum Gasteiger partial charge on any atom is -0.483 e. The Hall–Kier alpha value is -3.45. The fourth-order valence-electron chi connectivity index (χ4n) is 3.72. The summed E-state index contributed by atoms with van der Waals surface area (Å²) in [5.74, 6) is 1.44. The van der Waals surface area contributed by atoms with Gasteiger partial charge in [-0.3, -0.25) is 4.79 Å². The van der Waals surface area contributed by atoms with Gasteiger partial charge in [-0.05, 0) is 49.4 Å². The van der Waals surface area contributed by atoms with Crippen molar-refractivity contribution in [2.45, 2.75) is 13.3 Å². The number of benzene rings is 2. The second-order valence-electron chi connectivity index (χ2n) is 7.95. The summed E-state index contributed by atoms with van der Waals surface area (Å²) >= 11 is 0. The van der Waals surface area contributed by atoms with Crippen molar-refractivity contribution in [3.63, 3.8) is 0 Å². The van der Waals surface area contributed by atoms with Crippen molar-refractivity contribution in [3.8, 4) is 17.0 Å². The number of rotatable bonds is 7. The number of aromatic nitrogens is 2. The van der Waals surface area contributed by atoms with Crippen LogP contribution in [0.1, 0.15) is 12.5 Å². The van der Waals surface area contributed by atoms with Crippen LogP contribution in [0.5, 0.6) is 5.75 Å². The number of nitrogens with one attached hydrogen (secondary N) is 1. The molecule has 0 bridgehead atoms. The van der Waals surface area contributed by atoms with E-state index in [0.29, 0.717) is 5.69 Å². The van der Waals surface area contributed by atoms with Gasteiger partial charge < -0.3 is 19.9 Å². The molecule has 0 spiro atoms. The third-order valence-corrected chi connectivity index (χ3v) is 5.63. The van der Waals surface area contributed by atoms with Crippen molar-refractivity contribution >= 4 is 17.4 Å². The zero-order chi connectivity index (χ0) is 22.3. The van der Waals surface area contributed by atoms with Gasteiger partial charge in [-0.1, -0.05) is 37.3 Å². The maximum absolute atomic E-state index is 12.4. The quantitative estimate of drug-likeness (QED) is 0.618. The van der Waals surface area contributed by atoms with E-state index in [9.17, 15) is 4.79 Å². The molecule has 32 heavy (non-hydrogen) atoms. The van der Waals surface area contributed by atoms with Crippen molar-refractivity contribution in [3.05, 3.63) is 66.2 Å². The topological polar surface area (TPSA) is 70.6 Å². The maximum Gasteiger partial charge on any atom is 0.262 e. The highest BCUT2D eigenvalue weighted by Crippen LogP contribution is 2.23. The van der Waals surface area contributed by atoms with Gasteiger partial charge in [0.2, 0.25) is 0 Å². The van der Waals surface area contributed by atoms with Crippen LogP contribution in [-0.4, -0.2) is 60.8 Å². The molecule has 4 rings (SSSR count). The summed E-state index contributed by atoms with van der Waals surface area (Å²) in [6.45, 7) is 5.99. The van der Waals surface area contributed by atoms with E-state index in [1.165, 1.54) is 0 Å². The number of nitrogens with zero attached hydrogens (tertiary/aromatic N) is 4. The molecule has 2 heterocycles. The molecule has 0 aliphatic carbocycles. The van der Waals surface area contributed by atoms with Crippen LogP contribution in [0.2, 0.25) is 0 Å². The number of para-hydroxylation sites is 1. The summed E-state index contributed by atoms with van der Waals surface area (Å²) in [4.78, 5) is 17.0. The molecule has 0 atom stereocenters. The van der Waals surface area contributed by atoms with Crippen LogP contribution in [0.3, 0.4) is 0 Å². The van der Waals surface area contributed by atoms with E-state index in [1.807, 2.05) is 60.7 Å².